The molecular weight excluding hydrogens is 174 g/mol. The van der Waals surface area contributed by atoms with Gasteiger partial charge in [0.05, 0.1) is 0 Å². The van der Waals surface area contributed by atoms with Crippen molar-refractivity contribution in [2.24, 2.45) is 0 Å². The molecule has 2 heteroatoms. The molecule has 0 amide bonds. The van der Waals surface area contributed by atoms with Gasteiger partial charge in [-0.1, -0.05) is 26.0 Å². The number of quaternary nitrogens is 1. The Hall–Kier alpha value is -1.02. The lowest BCUT2D eigenvalue weighted by Gasteiger charge is -2.13. The van der Waals surface area contributed by atoms with E-state index in [2.05, 4.69) is 44.7 Å². The largest absolute Gasteiger partial charge is 0.487 e. The Morgan fingerprint density at radius 3 is 2.64 bits per heavy atom. The summed E-state index contributed by atoms with van der Waals surface area (Å²) in [4.78, 5) is 0. The Bertz CT molecular complexity index is 294. The van der Waals surface area contributed by atoms with E-state index in [0.717, 1.165) is 12.3 Å². The van der Waals surface area contributed by atoms with Crippen LogP contribution in [0.2, 0.25) is 0 Å². The number of benzene rings is 1. The fourth-order valence-electron chi connectivity index (χ4n) is 1.43. The summed E-state index contributed by atoms with van der Waals surface area (Å²) in [6, 6.07) is 6.38. The molecule has 14 heavy (non-hydrogen) atoms. The minimum Gasteiger partial charge on any atom is -0.487 e. The van der Waals surface area contributed by atoms with Crippen molar-refractivity contribution in [1.82, 2.24) is 0 Å². The molecule has 0 spiro atoms. The van der Waals surface area contributed by atoms with Gasteiger partial charge in [0.25, 0.3) is 0 Å². The van der Waals surface area contributed by atoms with Crippen molar-refractivity contribution in [2.75, 3.05) is 13.2 Å². The number of hydrogen-bond acceptors (Lipinski definition) is 1. The monoisotopic (exact) mass is 194 g/mol. The van der Waals surface area contributed by atoms with Crippen molar-refractivity contribution in [3.8, 4) is 5.75 Å². The third-order valence-corrected chi connectivity index (χ3v) is 2.19. The van der Waals surface area contributed by atoms with Crippen molar-refractivity contribution >= 4 is 0 Å². The van der Waals surface area contributed by atoms with E-state index < -0.39 is 0 Å². The van der Waals surface area contributed by atoms with Gasteiger partial charge >= 0.3 is 0 Å². The summed E-state index contributed by atoms with van der Waals surface area (Å²) < 4.78 is 5.67. The molecule has 0 saturated heterocycles. The fourth-order valence-corrected chi connectivity index (χ4v) is 1.43. The summed E-state index contributed by atoms with van der Waals surface area (Å²) in [6.45, 7) is 7.96. The molecule has 0 atom stereocenters. The molecule has 0 saturated carbocycles. The molecule has 1 rings (SSSR count). The first-order chi connectivity index (χ1) is 6.65. The summed E-state index contributed by atoms with van der Waals surface area (Å²) in [5.41, 5.74) is 6.30. The van der Waals surface area contributed by atoms with Crippen molar-refractivity contribution < 1.29 is 10.5 Å². The summed E-state index contributed by atoms with van der Waals surface area (Å²) in [5.74, 6) is 1.53. The second-order valence-electron chi connectivity index (χ2n) is 3.90. The van der Waals surface area contributed by atoms with Gasteiger partial charge in [0, 0.05) is 0 Å². The van der Waals surface area contributed by atoms with Crippen molar-refractivity contribution in [1.29, 1.82) is 0 Å². The quantitative estimate of drug-likeness (QED) is 0.778. The van der Waals surface area contributed by atoms with E-state index in [1.165, 1.54) is 11.1 Å². The van der Waals surface area contributed by atoms with Crippen LogP contribution in [0.3, 0.4) is 0 Å². The molecule has 0 heterocycles. The molecule has 3 N–H and O–H groups in total. The first-order valence-corrected chi connectivity index (χ1v) is 5.17. The zero-order valence-corrected chi connectivity index (χ0v) is 9.34. The number of ether oxygens (including phenoxy) is 1. The van der Waals surface area contributed by atoms with Crippen LogP contribution in [0.25, 0.3) is 0 Å². The Morgan fingerprint density at radius 2 is 2.07 bits per heavy atom. The van der Waals surface area contributed by atoms with Crippen LogP contribution in [0.5, 0.6) is 5.75 Å². The SMILES string of the molecule is Cc1ccc(C(C)C)c(OCC[NH3+])c1. The average Bonchev–Trinajstić information content (AvgIpc) is 2.14. The minimum absolute atomic E-state index is 0.510. The lowest BCUT2D eigenvalue weighted by molar-refractivity contribution is -0.370. The molecule has 0 bridgehead atoms. The standard InChI is InChI=1S/C12H19NO/c1-9(2)11-5-4-10(3)8-12(11)14-7-6-13/h4-5,8-9H,6-7,13H2,1-3H3/p+1. The molecule has 0 aliphatic carbocycles. The highest BCUT2D eigenvalue weighted by Crippen LogP contribution is 2.27. The first kappa shape index (κ1) is 11.1. The summed E-state index contributed by atoms with van der Waals surface area (Å²) in [7, 11) is 0. The molecule has 78 valence electrons. The third-order valence-electron chi connectivity index (χ3n) is 2.19. The maximum Gasteiger partial charge on any atom is 0.137 e. The smallest absolute Gasteiger partial charge is 0.137 e. The zero-order valence-electron chi connectivity index (χ0n) is 9.34. The molecule has 1 aromatic carbocycles. The van der Waals surface area contributed by atoms with E-state index >= 15 is 0 Å². The van der Waals surface area contributed by atoms with Crippen molar-refractivity contribution in [2.45, 2.75) is 26.7 Å². The highest BCUT2D eigenvalue weighted by Gasteiger charge is 2.07. The predicted octanol–water partition coefficient (Wildman–Crippen LogP) is 1.74. The first-order valence-electron chi connectivity index (χ1n) is 5.17. The van der Waals surface area contributed by atoms with Gasteiger partial charge in [-0.15, -0.1) is 0 Å². The van der Waals surface area contributed by atoms with Gasteiger partial charge in [0.2, 0.25) is 0 Å². The average molecular weight is 194 g/mol. The summed E-state index contributed by atoms with van der Waals surface area (Å²) in [6.07, 6.45) is 0. The van der Waals surface area contributed by atoms with Crippen LogP contribution < -0.4 is 10.5 Å². The van der Waals surface area contributed by atoms with Gasteiger partial charge < -0.3 is 10.5 Å². The number of rotatable bonds is 4. The topological polar surface area (TPSA) is 36.9 Å². The summed E-state index contributed by atoms with van der Waals surface area (Å²) >= 11 is 0. The van der Waals surface area contributed by atoms with Crippen LogP contribution in [0.4, 0.5) is 0 Å². The highest BCUT2D eigenvalue weighted by atomic mass is 16.5. The Kier molecular flexibility index (Phi) is 3.96. The van der Waals surface area contributed by atoms with Gasteiger partial charge in [-0.05, 0) is 30.0 Å². The van der Waals surface area contributed by atoms with Crippen LogP contribution in [-0.4, -0.2) is 13.2 Å². The van der Waals surface area contributed by atoms with Crippen LogP contribution >= 0.6 is 0 Å². The Labute approximate surface area is 86.1 Å². The van der Waals surface area contributed by atoms with Gasteiger partial charge in [-0.3, -0.25) is 0 Å². The van der Waals surface area contributed by atoms with Gasteiger partial charge in [-0.2, -0.15) is 0 Å². The van der Waals surface area contributed by atoms with Gasteiger partial charge in [-0.25, -0.2) is 0 Å². The molecule has 2 nitrogen and oxygen atoms in total. The second-order valence-corrected chi connectivity index (χ2v) is 3.90. The molecular formula is C12H20NO+. The fraction of sp³-hybridized carbons (Fsp3) is 0.500. The van der Waals surface area contributed by atoms with Gasteiger partial charge in [0.15, 0.2) is 0 Å². The van der Waals surface area contributed by atoms with E-state index in [0.29, 0.717) is 12.5 Å². The van der Waals surface area contributed by atoms with Crippen molar-refractivity contribution in [3.63, 3.8) is 0 Å². The zero-order chi connectivity index (χ0) is 10.6. The van der Waals surface area contributed by atoms with Crippen molar-refractivity contribution in [3.05, 3.63) is 29.3 Å². The molecule has 0 aliphatic heterocycles. The molecule has 0 aliphatic rings. The Balaban J connectivity index is 2.91. The lowest BCUT2D eigenvalue weighted by atomic mass is 10.0. The van der Waals surface area contributed by atoms with E-state index in [4.69, 9.17) is 4.74 Å². The molecule has 0 unspecified atom stereocenters. The van der Waals surface area contributed by atoms with Crippen LogP contribution in [-0.2, 0) is 0 Å². The predicted molar refractivity (Wildman–Crippen MR) is 58.5 cm³/mol. The van der Waals surface area contributed by atoms with Crippen LogP contribution in [0, 0.1) is 6.92 Å². The van der Waals surface area contributed by atoms with E-state index in [1.807, 2.05) is 0 Å². The normalized spacial score (nSPS) is 10.6. The second kappa shape index (κ2) is 5.01. The minimum atomic E-state index is 0.510. The third kappa shape index (κ3) is 2.74. The van der Waals surface area contributed by atoms with Gasteiger partial charge in [0.1, 0.15) is 18.9 Å². The maximum absolute atomic E-state index is 5.67. The van der Waals surface area contributed by atoms with E-state index in [9.17, 15) is 0 Å². The van der Waals surface area contributed by atoms with Crippen LogP contribution in [0.1, 0.15) is 30.9 Å². The molecule has 0 radical (unpaired) electrons. The van der Waals surface area contributed by atoms with E-state index in [1.54, 1.807) is 0 Å². The summed E-state index contributed by atoms with van der Waals surface area (Å²) in [5, 5.41) is 0. The highest BCUT2D eigenvalue weighted by molar-refractivity contribution is 5.39. The maximum atomic E-state index is 5.67. The van der Waals surface area contributed by atoms with E-state index in [-0.39, 0.29) is 0 Å². The Morgan fingerprint density at radius 1 is 1.36 bits per heavy atom. The lowest BCUT2D eigenvalue weighted by Crippen LogP contribution is -2.52. The number of aryl methyl sites for hydroxylation is 1. The number of hydrogen-bond donors (Lipinski definition) is 1. The molecule has 0 aromatic heterocycles. The van der Waals surface area contributed by atoms with Crippen LogP contribution in [0.15, 0.2) is 18.2 Å². The molecule has 1 aromatic rings. The molecule has 0 fully saturated rings.